The van der Waals surface area contributed by atoms with Gasteiger partial charge in [-0.25, -0.2) is 0 Å². The Morgan fingerprint density at radius 1 is 1.33 bits per heavy atom. The molecule has 0 N–H and O–H groups in total. The van der Waals surface area contributed by atoms with E-state index in [1.807, 2.05) is 18.2 Å². The molecule has 0 fully saturated rings. The number of pyridine rings is 1. The lowest BCUT2D eigenvalue weighted by Gasteiger charge is -2.08. The Labute approximate surface area is 61.6 Å². The Balaban J connectivity index is 2.70. The average Bonchev–Trinajstić information content (AvgIpc) is 1.74. The quantitative estimate of drug-likeness (QED) is 0.609. The number of nitrogens with zero attached hydrogens (tertiary/aromatic N) is 1. The molecule has 0 amide bonds. The number of halogens is 1. The van der Waals surface area contributed by atoms with Gasteiger partial charge in [0, 0.05) is 16.2 Å². The molecule has 0 radical (unpaired) electrons. The summed E-state index contributed by atoms with van der Waals surface area (Å²) < 4.78 is 1.13. The number of aromatic nitrogens is 1. The Morgan fingerprint density at radius 3 is 2.67 bits per heavy atom. The third-order valence-corrected chi connectivity index (χ3v) is 2.07. The summed E-state index contributed by atoms with van der Waals surface area (Å²) in [4.78, 5) is 4.11. The van der Waals surface area contributed by atoms with E-state index in [0.717, 1.165) is 10.2 Å². The Bertz CT molecular complexity index is 278. The highest BCUT2D eigenvalue weighted by atomic mass is 79.9. The molecule has 9 heavy (non-hydrogen) atoms. The van der Waals surface area contributed by atoms with Gasteiger partial charge in [0.05, 0.1) is 5.69 Å². The smallest absolute Gasteiger partial charge is 0.0713 e. The van der Waals surface area contributed by atoms with Gasteiger partial charge < -0.3 is 0 Å². The first kappa shape index (κ1) is 5.18. The zero-order valence-electron chi connectivity index (χ0n) is 4.63. The van der Waals surface area contributed by atoms with Crippen molar-refractivity contribution in [3.63, 3.8) is 0 Å². The van der Waals surface area contributed by atoms with Crippen molar-refractivity contribution in [3.8, 4) is 0 Å². The van der Waals surface area contributed by atoms with Crippen LogP contribution < -0.4 is 0 Å². The molecule has 1 heterocycles. The molecule has 0 bridgehead atoms. The van der Waals surface area contributed by atoms with E-state index in [2.05, 4.69) is 20.9 Å². The third-order valence-electron chi connectivity index (χ3n) is 1.38. The van der Waals surface area contributed by atoms with E-state index in [9.17, 15) is 0 Å². The van der Waals surface area contributed by atoms with Gasteiger partial charge in [0.1, 0.15) is 0 Å². The first-order valence-electron chi connectivity index (χ1n) is 2.70. The molecule has 0 unspecified atom stereocenters. The van der Waals surface area contributed by atoms with Crippen LogP contribution in [-0.4, -0.2) is 4.98 Å². The zero-order chi connectivity index (χ0) is 6.27. The molecule has 0 aliphatic heterocycles. The number of fused-ring (bicyclic) bond motifs is 1. The second kappa shape index (κ2) is 1.67. The molecule has 0 saturated carbocycles. The van der Waals surface area contributed by atoms with Gasteiger partial charge in [-0.15, -0.1) is 0 Å². The molecule has 1 nitrogen and oxygen atoms in total. The molecule has 2 rings (SSSR count). The van der Waals surface area contributed by atoms with E-state index < -0.39 is 0 Å². The molecular weight excluding hydrogens is 178 g/mol. The lowest BCUT2D eigenvalue weighted by Crippen LogP contribution is -1.93. The Morgan fingerprint density at radius 2 is 2.22 bits per heavy atom. The molecule has 2 heteroatoms. The predicted octanol–water partition coefficient (Wildman–Crippen LogP) is 2.33. The molecule has 44 valence electrons. The average molecular weight is 182 g/mol. The highest BCUT2D eigenvalue weighted by Crippen LogP contribution is 2.27. The zero-order valence-corrected chi connectivity index (χ0v) is 6.22. The minimum atomic E-state index is 1.09. The van der Waals surface area contributed by atoms with E-state index in [4.69, 9.17) is 0 Å². The number of hydrogen-bond acceptors (Lipinski definition) is 1. The number of rotatable bonds is 0. The van der Waals surface area contributed by atoms with Gasteiger partial charge in [-0.1, -0.05) is 15.9 Å². The van der Waals surface area contributed by atoms with Gasteiger partial charge in [-0.05, 0) is 18.2 Å². The van der Waals surface area contributed by atoms with Crippen molar-refractivity contribution in [2.24, 2.45) is 0 Å². The van der Waals surface area contributed by atoms with Crippen molar-refractivity contribution < 1.29 is 0 Å². The molecule has 0 atom stereocenters. The summed E-state index contributed by atoms with van der Waals surface area (Å²) in [7, 11) is 0. The highest BCUT2D eigenvalue weighted by Gasteiger charge is 2.08. The largest absolute Gasteiger partial charge is 0.256 e. The molecule has 1 aromatic heterocycles. The van der Waals surface area contributed by atoms with E-state index in [0.29, 0.717) is 0 Å². The highest BCUT2D eigenvalue weighted by molar-refractivity contribution is 9.10. The van der Waals surface area contributed by atoms with E-state index in [1.54, 1.807) is 6.20 Å². The van der Waals surface area contributed by atoms with Gasteiger partial charge in [-0.3, -0.25) is 4.98 Å². The third kappa shape index (κ3) is 0.630. The van der Waals surface area contributed by atoms with Crippen LogP contribution in [0.2, 0.25) is 0 Å². The Hall–Kier alpha value is -0.630. The summed E-state index contributed by atoms with van der Waals surface area (Å²) in [6.07, 6.45) is 5.85. The van der Waals surface area contributed by atoms with Crippen LogP contribution in [0.3, 0.4) is 0 Å². The maximum absolute atomic E-state index is 4.11. The summed E-state index contributed by atoms with van der Waals surface area (Å²) in [5, 5.41) is 0. The molecular formula is C7H4BrN. The summed E-state index contributed by atoms with van der Waals surface area (Å²) in [6, 6.07) is 1.95. The number of hydrogen-bond donors (Lipinski definition) is 0. The summed E-state index contributed by atoms with van der Waals surface area (Å²) in [5.41, 5.74) is 2.31. The fourth-order valence-electron chi connectivity index (χ4n) is 0.829. The maximum atomic E-state index is 4.11. The van der Waals surface area contributed by atoms with Crippen LogP contribution in [0.15, 0.2) is 16.7 Å². The molecule has 0 spiro atoms. The summed E-state index contributed by atoms with van der Waals surface area (Å²) in [6.45, 7) is 0. The second-order valence-electron chi connectivity index (χ2n) is 1.93. The summed E-state index contributed by atoms with van der Waals surface area (Å²) >= 11 is 3.41. The minimum absolute atomic E-state index is 1.09. The second-order valence-corrected chi connectivity index (χ2v) is 2.78. The standard InChI is InChI=1S/C7H4BrN/c8-6-3-4-9-7-2-1-5(6)7/h1-4H. The van der Waals surface area contributed by atoms with E-state index in [-0.39, 0.29) is 0 Å². The van der Waals surface area contributed by atoms with Crippen molar-refractivity contribution >= 4 is 28.1 Å². The van der Waals surface area contributed by atoms with E-state index >= 15 is 0 Å². The van der Waals surface area contributed by atoms with Crippen LogP contribution in [0, 0.1) is 0 Å². The van der Waals surface area contributed by atoms with Crippen LogP contribution in [-0.2, 0) is 0 Å². The maximum Gasteiger partial charge on any atom is 0.0713 e. The summed E-state index contributed by atoms with van der Waals surface area (Å²) in [5.74, 6) is 0. The fourth-order valence-corrected chi connectivity index (χ4v) is 1.28. The minimum Gasteiger partial charge on any atom is -0.256 e. The lowest BCUT2D eigenvalue weighted by molar-refractivity contribution is 1.25. The van der Waals surface area contributed by atoms with Crippen molar-refractivity contribution in [2.45, 2.75) is 0 Å². The van der Waals surface area contributed by atoms with Gasteiger partial charge in [0.25, 0.3) is 0 Å². The molecule has 0 aromatic carbocycles. The van der Waals surface area contributed by atoms with E-state index in [1.165, 1.54) is 5.56 Å². The van der Waals surface area contributed by atoms with Crippen molar-refractivity contribution in [1.82, 2.24) is 4.98 Å². The predicted molar refractivity (Wildman–Crippen MR) is 40.9 cm³/mol. The van der Waals surface area contributed by atoms with Crippen molar-refractivity contribution in [3.05, 3.63) is 28.0 Å². The molecule has 1 aromatic rings. The topological polar surface area (TPSA) is 12.9 Å². The first-order valence-corrected chi connectivity index (χ1v) is 3.50. The first-order chi connectivity index (χ1) is 4.38. The van der Waals surface area contributed by atoms with Crippen molar-refractivity contribution in [2.75, 3.05) is 0 Å². The van der Waals surface area contributed by atoms with Gasteiger partial charge in [0.15, 0.2) is 0 Å². The monoisotopic (exact) mass is 181 g/mol. The molecule has 1 aliphatic carbocycles. The van der Waals surface area contributed by atoms with Gasteiger partial charge in [0.2, 0.25) is 0 Å². The van der Waals surface area contributed by atoms with Crippen LogP contribution in [0.25, 0.3) is 12.2 Å². The lowest BCUT2D eigenvalue weighted by atomic mass is 10.1. The molecule has 0 saturated heterocycles. The van der Waals surface area contributed by atoms with Crippen LogP contribution in [0.4, 0.5) is 0 Å². The normalized spacial score (nSPS) is 12.6. The van der Waals surface area contributed by atoms with Crippen LogP contribution >= 0.6 is 15.9 Å². The van der Waals surface area contributed by atoms with Gasteiger partial charge in [-0.2, -0.15) is 0 Å². The fraction of sp³-hybridized carbons (Fsp3) is 0. The van der Waals surface area contributed by atoms with Crippen LogP contribution in [0.5, 0.6) is 0 Å². The van der Waals surface area contributed by atoms with Gasteiger partial charge >= 0.3 is 0 Å². The molecule has 1 aliphatic rings. The van der Waals surface area contributed by atoms with Crippen LogP contribution in [0.1, 0.15) is 11.3 Å². The van der Waals surface area contributed by atoms with Crippen molar-refractivity contribution in [1.29, 1.82) is 0 Å². The SMILES string of the molecule is Brc1ccnc2c1C=C2. The Kier molecular flexibility index (Phi) is 0.963.